The van der Waals surface area contributed by atoms with Gasteiger partial charge in [0.25, 0.3) is 0 Å². The topological polar surface area (TPSA) is 59.6 Å². The van der Waals surface area contributed by atoms with Gasteiger partial charge in [0.15, 0.2) is 0 Å². The van der Waals surface area contributed by atoms with Crippen LogP contribution in [0.3, 0.4) is 0 Å². The van der Waals surface area contributed by atoms with Gasteiger partial charge in [-0.25, -0.2) is 0 Å². The second-order valence-electron chi connectivity index (χ2n) is 6.62. The molecule has 150 valence electrons. The molecule has 0 aliphatic carbocycles. The summed E-state index contributed by atoms with van der Waals surface area (Å²) in [6.45, 7) is 1.84. The maximum absolute atomic E-state index is 12.1. The fraction of sp³-hybridized carbons (Fsp3) is 0.208. The van der Waals surface area contributed by atoms with Crippen molar-refractivity contribution in [2.45, 2.75) is 19.6 Å². The number of amides is 1. The normalized spacial score (nSPS) is 10.4. The zero-order chi connectivity index (χ0) is 20.3. The molecular weight excluding hydrogens is 364 g/mol. The lowest BCUT2D eigenvalue weighted by Gasteiger charge is -2.09. The number of ether oxygens (including phenoxy) is 2. The van der Waals surface area contributed by atoms with Gasteiger partial charge in [-0.1, -0.05) is 42.5 Å². The number of benzene rings is 3. The Morgan fingerprint density at radius 2 is 1.52 bits per heavy atom. The fourth-order valence-electron chi connectivity index (χ4n) is 2.78. The molecule has 3 aromatic rings. The minimum absolute atomic E-state index is 0.0230. The van der Waals surface area contributed by atoms with E-state index in [2.05, 4.69) is 10.6 Å². The van der Waals surface area contributed by atoms with Crippen LogP contribution in [0.2, 0.25) is 0 Å². The Labute approximate surface area is 171 Å². The molecule has 2 N–H and O–H groups in total. The maximum Gasteiger partial charge on any atom is 0.225 e. The van der Waals surface area contributed by atoms with Crippen LogP contribution < -0.4 is 20.1 Å². The first-order chi connectivity index (χ1) is 14.2. The molecule has 3 rings (SSSR count). The van der Waals surface area contributed by atoms with Crippen LogP contribution in [-0.2, 0) is 17.9 Å². The monoisotopic (exact) mass is 390 g/mol. The third kappa shape index (κ3) is 6.97. The molecule has 1 amide bonds. The van der Waals surface area contributed by atoms with Gasteiger partial charge in [-0.05, 0) is 47.5 Å². The molecule has 0 fully saturated rings. The van der Waals surface area contributed by atoms with E-state index in [4.69, 9.17) is 9.47 Å². The van der Waals surface area contributed by atoms with Crippen LogP contribution in [0.15, 0.2) is 78.9 Å². The molecule has 29 heavy (non-hydrogen) atoms. The summed E-state index contributed by atoms with van der Waals surface area (Å²) in [5.74, 6) is 1.59. The van der Waals surface area contributed by atoms with Crippen molar-refractivity contribution < 1.29 is 14.3 Å². The minimum atomic E-state index is -0.0230. The highest BCUT2D eigenvalue weighted by Gasteiger charge is 2.03. The summed E-state index contributed by atoms with van der Waals surface area (Å²) in [6, 6.07) is 25.3. The van der Waals surface area contributed by atoms with Crippen LogP contribution >= 0.6 is 0 Å². The van der Waals surface area contributed by atoms with E-state index in [-0.39, 0.29) is 5.91 Å². The van der Waals surface area contributed by atoms with E-state index in [0.717, 1.165) is 28.3 Å². The SMILES string of the molecule is COc1ccc(CNCCC(=O)Nc2ccc(OCc3ccccc3)cc2)cc1. The molecule has 0 saturated carbocycles. The van der Waals surface area contributed by atoms with Gasteiger partial charge >= 0.3 is 0 Å². The molecule has 0 heterocycles. The van der Waals surface area contributed by atoms with Crippen LogP contribution in [0.5, 0.6) is 11.5 Å². The van der Waals surface area contributed by atoms with Crippen molar-refractivity contribution in [3.63, 3.8) is 0 Å². The number of carbonyl (C=O) groups is 1. The number of methoxy groups -OCH3 is 1. The van der Waals surface area contributed by atoms with Crippen molar-refractivity contribution in [1.82, 2.24) is 5.32 Å². The molecule has 5 nitrogen and oxygen atoms in total. The molecule has 0 aliphatic rings. The van der Waals surface area contributed by atoms with Gasteiger partial charge in [0.05, 0.1) is 7.11 Å². The number of carbonyl (C=O) groups excluding carboxylic acids is 1. The molecule has 0 aliphatic heterocycles. The average Bonchev–Trinajstić information content (AvgIpc) is 2.77. The van der Waals surface area contributed by atoms with Crippen molar-refractivity contribution in [2.24, 2.45) is 0 Å². The summed E-state index contributed by atoms with van der Waals surface area (Å²) < 4.78 is 10.9. The van der Waals surface area contributed by atoms with E-state index >= 15 is 0 Å². The number of anilines is 1. The summed E-state index contributed by atoms with van der Waals surface area (Å²) in [5, 5.41) is 6.18. The number of hydrogen-bond donors (Lipinski definition) is 2. The van der Waals surface area contributed by atoms with Crippen molar-refractivity contribution in [3.05, 3.63) is 90.0 Å². The van der Waals surface area contributed by atoms with Crippen molar-refractivity contribution >= 4 is 11.6 Å². The Hall–Kier alpha value is -3.31. The van der Waals surface area contributed by atoms with Gasteiger partial charge in [0.2, 0.25) is 5.91 Å². The van der Waals surface area contributed by atoms with E-state index in [1.807, 2.05) is 78.9 Å². The standard InChI is InChI=1S/C24H26N2O3/c1-28-22-11-7-19(8-12-22)17-25-16-15-24(27)26-21-9-13-23(14-10-21)29-18-20-5-3-2-4-6-20/h2-14,25H,15-18H2,1H3,(H,26,27). The molecule has 0 atom stereocenters. The first-order valence-electron chi connectivity index (χ1n) is 9.63. The maximum atomic E-state index is 12.1. The molecular formula is C24H26N2O3. The second kappa shape index (κ2) is 10.9. The summed E-state index contributed by atoms with van der Waals surface area (Å²) >= 11 is 0. The highest BCUT2D eigenvalue weighted by Crippen LogP contribution is 2.17. The van der Waals surface area contributed by atoms with Crippen molar-refractivity contribution in [2.75, 3.05) is 19.0 Å². The highest BCUT2D eigenvalue weighted by molar-refractivity contribution is 5.90. The predicted octanol–water partition coefficient (Wildman–Crippen LogP) is 4.39. The summed E-state index contributed by atoms with van der Waals surface area (Å²) in [6.07, 6.45) is 0.405. The quantitative estimate of drug-likeness (QED) is 0.504. The lowest BCUT2D eigenvalue weighted by molar-refractivity contribution is -0.116. The third-order valence-electron chi connectivity index (χ3n) is 4.40. The molecule has 0 spiro atoms. The molecule has 0 saturated heterocycles. The summed E-state index contributed by atoms with van der Waals surface area (Å²) in [5.41, 5.74) is 3.03. The molecule has 3 aromatic carbocycles. The van der Waals surface area contributed by atoms with Gasteiger partial charge in [-0.3, -0.25) is 4.79 Å². The summed E-state index contributed by atoms with van der Waals surface area (Å²) in [4.78, 5) is 12.1. The highest BCUT2D eigenvalue weighted by atomic mass is 16.5. The number of hydrogen-bond acceptors (Lipinski definition) is 4. The average molecular weight is 390 g/mol. The van der Waals surface area contributed by atoms with Gasteiger partial charge in [-0.2, -0.15) is 0 Å². The number of nitrogens with one attached hydrogen (secondary N) is 2. The lowest BCUT2D eigenvalue weighted by Crippen LogP contribution is -2.21. The van der Waals surface area contributed by atoms with E-state index in [1.54, 1.807) is 7.11 Å². The first-order valence-corrected chi connectivity index (χ1v) is 9.63. The molecule has 0 radical (unpaired) electrons. The summed E-state index contributed by atoms with van der Waals surface area (Å²) in [7, 11) is 1.65. The van der Waals surface area contributed by atoms with Crippen LogP contribution in [-0.4, -0.2) is 19.6 Å². The molecule has 0 bridgehead atoms. The zero-order valence-electron chi connectivity index (χ0n) is 16.6. The van der Waals surface area contributed by atoms with Crippen LogP contribution in [0, 0.1) is 0 Å². The lowest BCUT2D eigenvalue weighted by atomic mass is 10.2. The van der Waals surface area contributed by atoms with Gasteiger partial charge in [0.1, 0.15) is 18.1 Å². The van der Waals surface area contributed by atoms with Crippen molar-refractivity contribution in [3.8, 4) is 11.5 Å². The molecule has 0 aromatic heterocycles. The Balaban J connectivity index is 1.35. The van der Waals surface area contributed by atoms with Crippen LogP contribution in [0.4, 0.5) is 5.69 Å². The molecule has 5 heteroatoms. The van der Waals surface area contributed by atoms with Gasteiger partial charge in [-0.15, -0.1) is 0 Å². The van der Waals surface area contributed by atoms with Gasteiger partial charge in [0, 0.05) is 25.2 Å². The van der Waals surface area contributed by atoms with Crippen LogP contribution in [0.1, 0.15) is 17.5 Å². The number of rotatable bonds is 10. The van der Waals surface area contributed by atoms with Gasteiger partial charge < -0.3 is 20.1 Å². The third-order valence-corrected chi connectivity index (χ3v) is 4.40. The smallest absolute Gasteiger partial charge is 0.225 e. The van der Waals surface area contributed by atoms with Crippen LogP contribution in [0.25, 0.3) is 0 Å². The zero-order valence-corrected chi connectivity index (χ0v) is 16.6. The van der Waals surface area contributed by atoms with E-state index in [0.29, 0.717) is 26.1 Å². The predicted molar refractivity (Wildman–Crippen MR) is 115 cm³/mol. The minimum Gasteiger partial charge on any atom is -0.497 e. The Bertz CT molecular complexity index is 878. The van der Waals surface area contributed by atoms with Crippen molar-refractivity contribution in [1.29, 1.82) is 0 Å². The molecule has 0 unspecified atom stereocenters. The largest absolute Gasteiger partial charge is 0.497 e. The second-order valence-corrected chi connectivity index (χ2v) is 6.62. The Morgan fingerprint density at radius 3 is 2.21 bits per heavy atom. The van der Waals surface area contributed by atoms with E-state index in [9.17, 15) is 4.79 Å². The Morgan fingerprint density at radius 1 is 0.828 bits per heavy atom. The van der Waals surface area contributed by atoms with E-state index in [1.165, 1.54) is 0 Å². The Kier molecular flexibility index (Phi) is 7.66. The van der Waals surface area contributed by atoms with E-state index < -0.39 is 0 Å². The fourth-order valence-corrected chi connectivity index (χ4v) is 2.78. The first kappa shape index (κ1) is 20.4.